The Hall–Kier alpha value is -1.30. The van der Waals surface area contributed by atoms with Crippen molar-refractivity contribution < 1.29 is 23.8 Å². The van der Waals surface area contributed by atoms with Gasteiger partial charge in [0.1, 0.15) is 12.1 Å². The molecule has 0 aliphatic carbocycles. The van der Waals surface area contributed by atoms with Gasteiger partial charge in [-0.25, -0.2) is 9.59 Å². The highest BCUT2D eigenvalue weighted by molar-refractivity contribution is 5.81. The van der Waals surface area contributed by atoms with Crippen LogP contribution in [0.4, 0.5) is 4.79 Å². The van der Waals surface area contributed by atoms with Crippen LogP contribution in [0, 0.1) is 5.92 Å². The molecule has 0 aromatic heterocycles. The van der Waals surface area contributed by atoms with Crippen molar-refractivity contribution in [3.8, 4) is 0 Å². The van der Waals surface area contributed by atoms with E-state index in [9.17, 15) is 9.59 Å². The largest absolute Gasteiger partial charge is 0.464 e. The fourth-order valence-corrected chi connectivity index (χ4v) is 1.86. The molecular weight excluding hydrogens is 250 g/mol. The normalized spacial score (nSPS) is 20.1. The van der Waals surface area contributed by atoms with Crippen LogP contribution in [-0.4, -0.2) is 44.0 Å². The van der Waals surface area contributed by atoms with Crippen molar-refractivity contribution in [2.24, 2.45) is 5.92 Å². The van der Waals surface area contributed by atoms with E-state index in [1.165, 1.54) is 0 Å². The van der Waals surface area contributed by atoms with Gasteiger partial charge in [-0.2, -0.15) is 0 Å². The predicted octanol–water partition coefficient (Wildman–Crippen LogP) is 1.48. The van der Waals surface area contributed by atoms with E-state index < -0.39 is 18.1 Å². The predicted molar refractivity (Wildman–Crippen MR) is 68.7 cm³/mol. The van der Waals surface area contributed by atoms with Crippen LogP contribution in [0.15, 0.2) is 0 Å². The number of hydrogen-bond acceptors (Lipinski definition) is 5. The van der Waals surface area contributed by atoms with Gasteiger partial charge in [-0.05, 0) is 19.3 Å². The number of alkyl carbamates (subject to hydrolysis) is 1. The monoisotopic (exact) mass is 273 g/mol. The van der Waals surface area contributed by atoms with Crippen LogP contribution in [0.2, 0.25) is 0 Å². The first-order valence-corrected chi connectivity index (χ1v) is 6.74. The van der Waals surface area contributed by atoms with E-state index >= 15 is 0 Å². The van der Waals surface area contributed by atoms with Crippen molar-refractivity contribution in [2.45, 2.75) is 45.8 Å². The summed E-state index contributed by atoms with van der Waals surface area (Å²) >= 11 is 0. The first-order valence-electron chi connectivity index (χ1n) is 6.74. The summed E-state index contributed by atoms with van der Waals surface area (Å²) in [6.07, 6.45) is 0.410. The molecule has 1 fully saturated rings. The first-order chi connectivity index (χ1) is 9.02. The first kappa shape index (κ1) is 15.8. The summed E-state index contributed by atoms with van der Waals surface area (Å²) in [5.74, 6) is -0.152. The average Bonchev–Trinajstić information content (AvgIpc) is 2.80. The summed E-state index contributed by atoms with van der Waals surface area (Å²) in [6, 6.07) is -0.658. The SMILES string of the molecule is CCOC(=O)C(CC(C)C)NC(=O)O[C@H]1CCOC1. The van der Waals surface area contributed by atoms with Crippen molar-refractivity contribution in [2.75, 3.05) is 19.8 Å². The molecule has 0 radical (unpaired) electrons. The lowest BCUT2D eigenvalue weighted by atomic mass is 10.0. The van der Waals surface area contributed by atoms with E-state index in [1.807, 2.05) is 13.8 Å². The van der Waals surface area contributed by atoms with Gasteiger partial charge in [0, 0.05) is 6.42 Å². The van der Waals surface area contributed by atoms with Crippen LogP contribution >= 0.6 is 0 Å². The third-order valence-electron chi connectivity index (χ3n) is 2.73. The van der Waals surface area contributed by atoms with Crippen molar-refractivity contribution in [3.63, 3.8) is 0 Å². The highest BCUT2D eigenvalue weighted by Crippen LogP contribution is 2.10. The summed E-state index contributed by atoms with van der Waals surface area (Å²) < 4.78 is 15.2. The number of carbonyl (C=O) groups excluding carboxylic acids is 2. The molecule has 1 unspecified atom stereocenters. The molecule has 0 saturated carbocycles. The van der Waals surface area contributed by atoms with Gasteiger partial charge in [0.15, 0.2) is 0 Å². The maximum absolute atomic E-state index is 11.7. The van der Waals surface area contributed by atoms with Crippen molar-refractivity contribution in [1.82, 2.24) is 5.32 Å². The van der Waals surface area contributed by atoms with Gasteiger partial charge >= 0.3 is 12.1 Å². The maximum Gasteiger partial charge on any atom is 0.408 e. The molecule has 1 saturated heterocycles. The molecule has 1 aliphatic heterocycles. The van der Waals surface area contributed by atoms with Gasteiger partial charge in [0.05, 0.1) is 19.8 Å². The molecule has 6 nitrogen and oxygen atoms in total. The Morgan fingerprint density at radius 3 is 2.68 bits per heavy atom. The summed E-state index contributed by atoms with van der Waals surface area (Å²) in [6.45, 7) is 7.00. The lowest BCUT2D eigenvalue weighted by molar-refractivity contribution is -0.146. The van der Waals surface area contributed by atoms with Gasteiger partial charge in [-0.3, -0.25) is 0 Å². The zero-order valence-electron chi connectivity index (χ0n) is 11.8. The molecule has 110 valence electrons. The molecule has 1 heterocycles. The van der Waals surface area contributed by atoms with Crippen LogP contribution in [0.1, 0.15) is 33.6 Å². The smallest absolute Gasteiger partial charge is 0.408 e. The Balaban J connectivity index is 2.45. The lowest BCUT2D eigenvalue weighted by Gasteiger charge is -2.20. The number of carbonyl (C=O) groups is 2. The van der Waals surface area contributed by atoms with E-state index in [1.54, 1.807) is 6.92 Å². The Kier molecular flexibility index (Phi) is 6.62. The van der Waals surface area contributed by atoms with Crippen LogP contribution < -0.4 is 5.32 Å². The number of hydrogen-bond donors (Lipinski definition) is 1. The van der Waals surface area contributed by atoms with Gasteiger partial charge in [-0.1, -0.05) is 13.8 Å². The third kappa shape index (κ3) is 5.92. The van der Waals surface area contributed by atoms with Crippen molar-refractivity contribution >= 4 is 12.1 Å². The number of amides is 1. The molecule has 2 atom stereocenters. The fourth-order valence-electron chi connectivity index (χ4n) is 1.86. The minimum atomic E-state index is -0.658. The Bertz CT molecular complexity index is 299. The van der Waals surface area contributed by atoms with E-state index in [4.69, 9.17) is 14.2 Å². The molecule has 0 aromatic rings. The average molecular weight is 273 g/mol. The molecule has 1 amide bonds. The second-order valence-electron chi connectivity index (χ2n) is 4.97. The molecular formula is C13H23NO5. The molecule has 1 aliphatic rings. The number of esters is 1. The molecule has 0 spiro atoms. The Morgan fingerprint density at radius 1 is 1.42 bits per heavy atom. The maximum atomic E-state index is 11.7. The summed E-state index contributed by atoms with van der Waals surface area (Å²) in [5.41, 5.74) is 0. The van der Waals surface area contributed by atoms with E-state index in [0.717, 1.165) is 0 Å². The summed E-state index contributed by atoms with van der Waals surface area (Å²) in [5, 5.41) is 2.57. The van der Waals surface area contributed by atoms with Crippen LogP contribution in [0.25, 0.3) is 0 Å². The fraction of sp³-hybridized carbons (Fsp3) is 0.846. The van der Waals surface area contributed by atoms with E-state index in [-0.39, 0.29) is 12.0 Å². The summed E-state index contributed by atoms with van der Waals surface area (Å²) in [7, 11) is 0. The zero-order chi connectivity index (χ0) is 14.3. The third-order valence-corrected chi connectivity index (χ3v) is 2.73. The Morgan fingerprint density at radius 2 is 2.16 bits per heavy atom. The second-order valence-corrected chi connectivity index (χ2v) is 4.97. The topological polar surface area (TPSA) is 73.9 Å². The van der Waals surface area contributed by atoms with Gasteiger partial charge < -0.3 is 19.5 Å². The quantitative estimate of drug-likeness (QED) is 0.742. The highest BCUT2D eigenvalue weighted by Gasteiger charge is 2.26. The standard InChI is InChI=1S/C13H23NO5/c1-4-18-12(15)11(7-9(2)3)14-13(16)19-10-5-6-17-8-10/h9-11H,4-8H2,1-3H3,(H,14,16)/t10-,11?/m0/s1. The zero-order valence-corrected chi connectivity index (χ0v) is 11.8. The van der Waals surface area contributed by atoms with Gasteiger partial charge in [0.25, 0.3) is 0 Å². The van der Waals surface area contributed by atoms with Crippen LogP contribution in [0.3, 0.4) is 0 Å². The van der Waals surface area contributed by atoms with Gasteiger partial charge in [0.2, 0.25) is 0 Å². The second kappa shape index (κ2) is 7.99. The summed E-state index contributed by atoms with van der Waals surface area (Å²) in [4.78, 5) is 23.4. The molecule has 1 N–H and O–H groups in total. The van der Waals surface area contributed by atoms with Crippen molar-refractivity contribution in [1.29, 1.82) is 0 Å². The molecule has 19 heavy (non-hydrogen) atoms. The van der Waals surface area contributed by atoms with E-state index in [0.29, 0.717) is 32.7 Å². The number of rotatable bonds is 6. The number of ether oxygens (including phenoxy) is 3. The molecule has 0 bridgehead atoms. The van der Waals surface area contributed by atoms with Gasteiger partial charge in [-0.15, -0.1) is 0 Å². The molecule has 1 rings (SSSR count). The van der Waals surface area contributed by atoms with Crippen molar-refractivity contribution in [3.05, 3.63) is 0 Å². The van der Waals surface area contributed by atoms with Crippen LogP contribution in [-0.2, 0) is 19.0 Å². The number of nitrogens with one attached hydrogen (secondary N) is 1. The molecule has 6 heteroatoms. The van der Waals surface area contributed by atoms with Crippen LogP contribution in [0.5, 0.6) is 0 Å². The minimum Gasteiger partial charge on any atom is -0.464 e. The molecule has 0 aromatic carbocycles. The van der Waals surface area contributed by atoms with E-state index in [2.05, 4.69) is 5.32 Å². The lowest BCUT2D eigenvalue weighted by Crippen LogP contribution is -2.44. The minimum absolute atomic E-state index is 0.220. The Labute approximate surface area is 113 Å². The highest BCUT2D eigenvalue weighted by atomic mass is 16.6.